The van der Waals surface area contributed by atoms with Gasteiger partial charge in [0.25, 0.3) is 0 Å². The molecule has 0 saturated heterocycles. The van der Waals surface area contributed by atoms with E-state index in [1.807, 2.05) is 24.3 Å². The van der Waals surface area contributed by atoms with Crippen molar-refractivity contribution in [3.8, 4) is 0 Å². The number of aliphatic hydroxyl groups is 1. The number of aliphatic hydroxyl groups excluding tert-OH is 1. The third kappa shape index (κ3) is 4.33. The predicted octanol–water partition coefficient (Wildman–Crippen LogP) is 4.21. The maximum Gasteiger partial charge on any atom is 0.0580 e. The van der Waals surface area contributed by atoms with Crippen LogP contribution in [0.2, 0.25) is 5.02 Å². The molecule has 1 atom stereocenters. The summed E-state index contributed by atoms with van der Waals surface area (Å²) in [5.41, 5.74) is 1.17. The van der Waals surface area contributed by atoms with Crippen LogP contribution in [0.3, 0.4) is 0 Å². The van der Waals surface area contributed by atoms with Crippen LogP contribution in [0.25, 0.3) is 0 Å². The standard InChI is InChI=1S/C15H21ClO/c16-14-8-5-13(6-9-14)11-15(17)10-7-12-3-1-2-4-12/h5-6,8-9,12,15,17H,1-4,7,10-11H2. The molecule has 1 aliphatic rings. The van der Waals surface area contributed by atoms with E-state index >= 15 is 0 Å². The van der Waals surface area contributed by atoms with Crippen molar-refractivity contribution in [3.05, 3.63) is 34.9 Å². The minimum Gasteiger partial charge on any atom is -0.393 e. The Balaban J connectivity index is 1.72. The van der Waals surface area contributed by atoms with E-state index in [0.29, 0.717) is 0 Å². The maximum absolute atomic E-state index is 10.00. The summed E-state index contributed by atoms with van der Waals surface area (Å²) in [4.78, 5) is 0. The normalized spacial score (nSPS) is 18.5. The highest BCUT2D eigenvalue weighted by Crippen LogP contribution is 2.29. The first-order chi connectivity index (χ1) is 8.24. The Labute approximate surface area is 109 Å². The molecule has 2 rings (SSSR count). The van der Waals surface area contributed by atoms with Gasteiger partial charge in [-0.2, -0.15) is 0 Å². The van der Waals surface area contributed by atoms with Gasteiger partial charge >= 0.3 is 0 Å². The fourth-order valence-corrected chi connectivity index (χ4v) is 2.85. The first-order valence-corrected chi connectivity index (χ1v) is 7.04. The zero-order chi connectivity index (χ0) is 12.1. The molecule has 0 bridgehead atoms. The highest BCUT2D eigenvalue weighted by atomic mass is 35.5. The number of halogens is 1. The highest BCUT2D eigenvalue weighted by molar-refractivity contribution is 6.30. The minimum absolute atomic E-state index is 0.197. The third-order valence-corrected chi connectivity index (χ3v) is 4.02. The molecule has 1 nitrogen and oxygen atoms in total. The van der Waals surface area contributed by atoms with Crippen molar-refractivity contribution in [2.45, 2.75) is 51.0 Å². The van der Waals surface area contributed by atoms with Crippen LogP contribution in [0.4, 0.5) is 0 Å². The van der Waals surface area contributed by atoms with E-state index < -0.39 is 0 Å². The Morgan fingerprint density at radius 3 is 2.47 bits per heavy atom. The van der Waals surface area contributed by atoms with Crippen LogP contribution in [0, 0.1) is 5.92 Å². The van der Waals surface area contributed by atoms with E-state index in [0.717, 1.165) is 23.8 Å². The summed E-state index contributed by atoms with van der Waals surface area (Å²) in [6.45, 7) is 0. The number of hydrogen-bond donors (Lipinski definition) is 1. The quantitative estimate of drug-likeness (QED) is 0.832. The molecule has 0 spiro atoms. The van der Waals surface area contributed by atoms with Gasteiger partial charge in [0.1, 0.15) is 0 Å². The van der Waals surface area contributed by atoms with E-state index in [1.165, 1.54) is 37.7 Å². The Morgan fingerprint density at radius 1 is 1.18 bits per heavy atom. The summed E-state index contributed by atoms with van der Waals surface area (Å²) in [6.07, 6.45) is 8.19. The first-order valence-electron chi connectivity index (χ1n) is 6.66. The average Bonchev–Trinajstić information content (AvgIpc) is 2.83. The van der Waals surface area contributed by atoms with E-state index in [2.05, 4.69) is 0 Å². The average molecular weight is 253 g/mol. The summed E-state index contributed by atoms with van der Waals surface area (Å²) in [5, 5.41) is 10.8. The van der Waals surface area contributed by atoms with Gasteiger partial charge in [0.05, 0.1) is 6.10 Å². The van der Waals surface area contributed by atoms with Gasteiger partial charge in [-0.1, -0.05) is 49.4 Å². The molecule has 1 saturated carbocycles. The van der Waals surface area contributed by atoms with Crippen LogP contribution < -0.4 is 0 Å². The van der Waals surface area contributed by atoms with Crippen LogP contribution in [0.5, 0.6) is 0 Å². The monoisotopic (exact) mass is 252 g/mol. The molecule has 0 heterocycles. The van der Waals surface area contributed by atoms with Gasteiger partial charge in [-0.05, 0) is 42.9 Å². The molecule has 94 valence electrons. The molecule has 0 radical (unpaired) electrons. The molecule has 2 heteroatoms. The highest BCUT2D eigenvalue weighted by Gasteiger charge is 2.16. The van der Waals surface area contributed by atoms with Gasteiger partial charge in [0, 0.05) is 5.02 Å². The summed E-state index contributed by atoms with van der Waals surface area (Å²) in [5.74, 6) is 0.870. The zero-order valence-corrected chi connectivity index (χ0v) is 11.0. The lowest BCUT2D eigenvalue weighted by molar-refractivity contribution is 0.155. The van der Waals surface area contributed by atoms with Crippen molar-refractivity contribution < 1.29 is 5.11 Å². The number of benzene rings is 1. The molecule has 1 N–H and O–H groups in total. The molecule has 1 aromatic carbocycles. The summed E-state index contributed by atoms with van der Waals surface area (Å²) < 4.78 is 0. The Morgan fingerprint density at radius 2 is 1.82 bits per heavy atom. The van der Waals surface area contributed by atoms with Crippen LogP contribution in [-0.4, -0.2) is 11.2 Å². The lowest BCUT2D eigenvalue weighted by Crippen LogP contribution is -2.12. The second-order valence-electron chi connectivity index (χ2n) is 5.21. The maximum atomic E-state index is 10.00. The van der Waals surface area contributed by atoms with Crippen molar-refractivity contribution in [3.63, 3.8) is 0 Å². The molecule has 0 aromatic heterocycles. The van der Waals surface area contributed by atoms with E-state index in [4.69, 9.17) is 11.6 Å². The van der Waals surface area contributed by atoms with E-state index in [-0.39, 0.29) is 6.10 Å². The lowest BCUT2D eigenvalue weighted by atomic mass is 9.97. The van der Waals surface area contributed by atoms with Crippen LogP contribution in [-0.2, 0) is 6.42 Å². The molecule has 1 aliphatic carbocycles. The molecule has 17 heavy (non-hydrogen) atoms. The summed E-state index contributed by atoms with van der Waals surface area (Å²) in [6, 6.07) is 7.78. The first kappa shape index (κ1) is 12.9. The van der Waals surface area contributed by atoms with Crippen LogP contribution >= 0.6 is 11.6 Å². The summed E-state index contributed by atoms with van der Waals surface area (Å²) >= 11 is 5.83. The largest absolute Gasteiger partial charge is 0.393 e. The van der Waals surface area contributed by atoms with Gasteiger partial charge in [0.15, 0.2) is 0 Å². The topological polar surface area (TPSA) is 20.2 Å². The number of rotatable bonds is 5. The van der Waals surface area contributed by atoms with Gasteiger partial charge < -0.3 is 5.11 Å². The molecule has 1 fully saturated rings. The predicted molar refractivity (Wildman–Crippen MR) is 72.4 cm³/mol. The smallest absolute Gasteiger partial charge is 0.0580 e. The van der Waals surface area contributed by atoms with Crippen LogP contribution in [0.1, 0.15) is 44.1 Å². The Kier molecular flexibility index (Phi) is 4.87. The molecular formula is C15H21ClO. The molecule has 0 aliphatic heterocycles. The van der Waals surface area contributed by atoms with Crippen molar-refractivity contribution in [2.75, 3.05) is 0 Å². The SMILES string of the molecule is OC(CCC1CCCC1)Cc1ccc(Cl)cc1. The molecule has 0 amide bonds. The molecule has 1 unspecified atom stereocenters. The van der Waals surface area contributed by atoms with Gasteiger partial charge in [-0.3, -0.25) is 0 Å². The Hall–Kier alpha value is -0.530. The third-order valence-electron chi connectivity index (χ3n) is 3.77. The summed E-state index contributed by atoms with van der Waals surface area (Å²) in [7, 11) is 0. The van der Waals surface area contributed by atoms with Crippen molar-refractivity contribution in [2.24, 2.45) is 5.92 Å². The van der Waals surface area contributed by atoms with Crippen molar-refractivity contribution in [1.29, 1.82) is 0 Å². The second kappa shape index (κ2) is 6.42. The van der Waals surface area contributed by atoms with Gasteiger partial charge in [-0.15, -0.1) is 0 Å². The lowest BCUT2D eigenvalue weighted by Gasteiger charge is -2.13. The second-order valence-corrected chi connectivity index (χ2v) is 5.65. The Bertz CT molecular complexity index is 327. The van der Waals surface area contributed by atoms with Crippen LogP contribution in [0.15, 0.2) is 24.3 Å². The molecule has 1 aromatic rings. The van der Waals surface area contributed by atoms with Gasteiger partial charge in [0.2, 0.25) is 0 Å². The van der Waals surface area contributed by atoms with Crippen molar-refractivity contribution in [1.82, 2.24) is 0 Å². The fourth-order valence-electron chi connectivity index (χ4n) is 2.72. The van der Waals surface area contributed by atoms with E-state index in [1.54, 1.807) is 0 Å². The minimum atomic E-state index is -0.197. The fraction of sp³-hybridized carbons (Fsp3) is 0.600. The van der Waals surface area contributed by atoms with Gasteiger partial charge in [-0.25, -0.2) is 0 Å². The van der Waals surface area contributed by atoms with E-state index in [9.17, 15) is 5.11 Å². The van der Waals surface area contributed by atoms with Crippen molar-refractivity contribution >= 4 is 11.6 Å². The zero-order valence-electron chi connectivity index (χ0n) is 10.2. The number of hydrogen-bond acceptors (Lipinski definition) is 1. The molecular weight excluding hydrogens is 232 g/mol.